The van der Waals surface area contributed by atoms with Crippen molar-refractivity contribution in [3.8, 4) is 10.6 Å². The predicted molar refractivity (Wildman–Crippen MR) is 96.4 cm³/mol. The summed E-state index contributed by atoms with van der Waals surface area (Å²) >= 11 is 1.61. The third-order valence-electron chi connectivity index (χ3n) is 4.65. The Hall–Kier alpha value is -1.44. The molecule has 24 heavy (non-hydrogen) atoms. The molecule has 7 heteroatoms. The molecule has 0 N–H and O–H groups in total. The topological polar surface area (TPSA) is 36.3 Å². The van der Waals surface area contributed by atoms with E-state index in [-0.39, 0.29) is 0 Å². The van der Waals surface area contributed by atoms with Gasteiger partial charge in [-0.25, -0.2) is 4.39 Å². The van der Waals surface area contributed by atoms with Crippen molar-refractivity contribution in [1.82, 2.24) is 9.78 Å². The van der Waals surface area contributed by atoms with Gasteiger partial charge in [0.05, 0.1) is 21.8 Å². The van der Waals surface area contributed by atoms with Crippen molar-refractivity contribution in [1.29, 1.82) is 0 Å². The SMILES string of the molecule is CCn1nc(-c2cccs2)cc1C=C(F)B1OC(C)(C)C(C)(C)O1. The van der Waals surface area contributed by atoms with E-state index in [1.165, 1.54) is 6.08 Å². The molecule has 0 aromatic carbocycles. The van der Waals surface area contributed by atoms with Gasteiger partial charge in [0.1, 0.15) is 11.4 Å². The summed E-state index contributed by atoms with van der Waals surface area (Å²) in [5, 5.41) is 6.54. The summed E-state index contributed by atoms with van der Waals surface area (Å²) in [7, 11) is -0.986. The summed E-state index contributed by atoms with van der Waals surface area (Å²) in [5.74, 6) is 0. The lowest BCUT2D eigenvalue weighted by atomic mass is 9.87. The van der Waals surface area contributed by atoms with Crippen LogP contribution in [-0.4, -0.2) is 28.1 Å². The minimum absolute atomic E-state index is 0.444. The van der Waals surface area contributed by atoms with Gasteiger partial charge in [0.2, 0.25) is 0 Å². The molecule has 0 unspecified atom stereocenters. The molecule has 0 saturated carbocycles. The van der Waals surface area contributed by atoms with Crippen LogP contribution >= 0.6 is 11.3 Å². The van der Waals surface area contributed by atoms with Gasteiger partial charge in [0.15, 0.2) is 0 Å². The highest BCUT2D eigenvalue weighted by Gasteiger charge is 2.53. The van der Waals surface area contributed by atoms with Crippen LogP contribution < -0.4 is 0 Å². The summed E-state index contributed by atoms with van der Waals surface area (Å²) in [6, 6.07) is 5.87. The molecule has 4 nitrogen and oxygen atoms in total. The molecule has 0 bridgehead atoms. The van der Waals surface area contributed by atoms with Crippen LogP contribution in [0.25, 0.3) is 16.6 Å². The maximum atomic E-state index is 14.7. The van der Waals surface area contributed by atoms with Crippen LogP contribution in [0.1, 0.15) is 40.3 Å². The van der Waals surface area contributed by atoms with Gasteiger partial charge in [0.25, 0.3) is 0 Å². The van der Waals surface area contributed by atoms with E-state index in [4.69, 9.17) is 9.31 Å². The van der Waals surface area contributed by atoms with Gasteiger partial charge in [-0.05, 0) is 58.2 Å². The normalized spacial score (nSPS) is 19.9. The van der Waals surface area contributed by atoms with Crippen molar-refractivity contribution in [2.24, 2.45) is 0 Å². The Morgan fingerprint density at radius 1 is 1.33 bits per heavy atom. The number of aryl methyl sites for hydroxylation is 1. The van der Waals surface area contributed by atoms with Gasteiger partial charge in [-0.15, -0.1) is 11.3 Å². The first kappa shape index (κ1) is 17.4. The summed E-state index contributed by atoms with van der Waals surface area (Å²) in [6.07, 6.45) is 1.45. The van der Waals surface area contributed by atoms with Crippen LogP contribution in [0.15, 0.2) is 29.3 Å². The zero-order valence-electron chi connectivity index (χ0n) is 14.7. The van der Waals surface area contributed by atoms with Crippen LogP contribution in [0.5, 0.6) is 0 Å². The van der Waals surface area contributed by atoms with Crippen LogP contribution in [-0.2, 0) is 15.9 Å². The number of nitrogens with zero attached hydrogens (tertiary/aromatic N) is 2. The van der Waals surface area contributed by atoms with Crippen molar-refractivity contribution in [2.45, 2.75) is 52.4 Å². The van der Waals surface area contributed by atoms with Crippen molar-refractivity contribution < 1.29 is 13.7 Å². The summed E-state index contributed by atoms with van der Waals surface area (Å²) in [5.41, 5.74) is -0.0136. The first-order valence-electron chi connectivity index (χ1n) is 8.08. The van der Waals surface area contributed by atoms with E-state index in [0.717, 1.165) is 10.6 Å². The van der Waals surface area contributed by atoms with Crippen LogP contribution in [0.2, 0.25) is 0 Å². The number of aromatic nitrogens is 2. The first-order valence-corrected chi connectivity index (χ1v) is 8.96. The van der Waals surface area contributed by atoms with Crippen LogP contribution in [0.4, 0.5) is 4.39 Å². The predicted octanol–water partition coefficient (Wildman–Crippen LogP) is 4.57. The average Bonchev–Trinajstić information content (AvgIpc) is 3.18. The van der Waals surface area contributed by atoms with Gasteiger partial charge >= 0.3 is 7.12 Å². The Balaban J connectivity index is 1.88. The van der Waals surface area contributed by atoms with Crippen LogP contribution in [0, 0.1) is 0 Å². The molecule has 3 rings (SSSR count). The number of rotatable bonds is 4. The Morgan fingerprint density at radius 2 is 2.00 bits per heavy atom. The van der Waals surface area contributed by atoms with Crippen LogP contribution in [0.3, 0.4) is 0 Å². The molecule has 1 aliphatic heterocycles. The lowest BCUT2D eigenvalue weighted by Crippen LogP contribution is -2.41. The van der Waals surface area contributed by atoms with Crippen molar-refractivity contribution in [2.75, 3.05) is 0 Å². The zero-order chi connectivity index (χ0) is 17.5. The Morgan fingerprint density at radius 3 is 2.54 bits per heavy atom. The summed E-state index contributed by atoms with van der Waals surface area (Å²) in [4.78, 5) is 1.06. The van der Waals surface area contributed by atoms with E-state index >= 15 is 0 Å². The zero-order valence-corrected chi connectivity index (χ0v) is 15.5. The minimum atomic E-state index is -0.986. The van der Waals surface area contributed by atoms with Gasteiger partial charge in [-0.2, -0.15) is 5.10 Å². The maximum absolute atomic E-state index is 14.7. The van der Waals surface area contributed by atoms with Gasteiger partial charge < -0.3 is 9.31 Å². The fourth-order valence-corrected chi connectivity index (χ4v) is 3.19. The second kappa shape index (κ2) is 6.13. The van der Waals surface area contributed by atoms with E-state index in [1.807, 2.05) is 58.2 Å². The molecule has 0 spiro atoms. The lowest BCUT2D eigenvalue weighted by Gasteiger charge is -2.32. The van der Waals surface area contributed by atoms with E-state index < -0.39 is 24.0 Å². The fourth-order valence-electron chi connectivity index (χ4n) is 2.51. The molecule has 2 aromatic heterocycles. The molecular weight excluding hydrogens is 326 g/mol. The molecule has 0 aliphatic carbocycles. The third-order valence-corrected chi connectivity index (χ3v) is 5.54. The Labute approximate surface area is 146 Å². The van der Waals surface area contributed by atoms with Gasteiger partial charge in [-0.1, -0.05) is 6.07 Å². The van der Waals surface area contributed by atoms with E-state index in [0.29, 0.717) is 12.2 Å². The van der Waals surface area contributed by atoms with E-state index in [9.17, 15) is 4.39 Å². The summed E-state index contributed by atoms with van der Waals surface area (Å²) < 4.78 is 28.0. The quantitative estimate of drug-likeness (QED) is 0.759. The smallest absolute Gasteiger partial charge is 0.398 e. The van der Waals surface area contributed by atoms with Gasteiger partial charge in [0, 0.05) is 6.54 Å². The highest BCUT2D eigenvalue weighted by Crippen LogP contribution is 2.39. The second-order valence-electron chi connectivity index (χ2n) is 6.86. The van der Waals surface area contributed by atoms with Crippen molar-refractivity contribution >= 4 is 24.5 Å². The largest absolute Gasteiger partial charge is 0.525 e. The van der Waals surface area contributed by atoms with Gasteiger partial charge in [-0.3, -0.25) is 4.68 Å². The average molecular weight is 348 g/mol. The first-order chi connectivity index (χ1) is 11.2. The maximum Gasteiger partial charge on any atom is 0.525 e. The molecular formula is C17H22BFN2O2S. The minimum Gasteiger partial charge on any atom is -0.398 e. The monoisotopic (exact) mass is 348 g/mol. The molecule has 1 aliphatic rings. The lowest BCUT2D eigenvalue weighted by molar-refractivity contribution is 0.00578. The number of hydrogen-bond acceptors (Lipinski definition) is 4. The molecule has 0 atom stereocenters. The number of halogens is 1. The molecule has 3 heterocycles. The van der Waals surface area contributed by atoms with Crippen molar-refractivity contribution in [3.05, 3.63) is 35.0 Å². The molecule has 1 saturated heterocycles. The molecule has 0 radical (unpaired) electrons. The molecule has 2 aromatic rings. The molecule has 128 valence electrons. The number of hydrogen-bond donors (Lipinski definition) is 0. The summed E-state index contributed by atoms with van der Waals surface area (Å²) in [6.45, 7) is 10.3. The second-order valence-corrected chi connectivity index (χ2v) is 7.81. The standard InChI is InChI=1S/C17H22BFN2O2S/c1-6-21-12(10-13(20-21)14-8-7-9-24-14)11-15(19)18-22-16(2,3)17(4,5)23-18/h7-11H,6H2,1-5H3. The highest BCUT2D eigenvalue weighted by atomic mass is 32.1. The number of thiophene rings is 1. The van der Waals surface area contributed by atoms with E-state index in [1.54, 1.807) is 16.0 Å². The van der Waals surface area contributed by atoms with Crippen molar-refractivity contribution in [3.63, 3.8) is 0 Å². The molecule has 1 fully saturated rings. The highest BCUT2D eigenvalue weighted by molar-refractivity contribution is 7.13. The third kappa shape index (κ3) is 3.08. The Bertz CT molecular complexity index is 737. The van der Waals surface area contributed by atoms with E-state index in [2.05, 4.69) is 5.10 Å². The fraction of sp³-hybridized carbons (Fsp3) is 0.471. The Kier molecular flexibility index (Phi) is 4.44. The molecule has 0 amide bonds.